The van der Waals surface area contributed by atoms with Crippen molar-refractivity contribution in [3.8, 4) is 0 Å². The molecule has 0 aromatic heterocycles. The van der Waals surface area contributed by atoms with Gasteiger partial charge in [-0.25, -0.2) is 0 Å². The van der Waals surface area contributed by atoms with E-state index in [2.05, 4.69) is 4.74 Å². The lowest BCUT2D eigenvalue weighted by Crippen LogP contribution is -2.46. The van der Waals surface area contributed by atoms with Crippen LogP contribution in [0.25, 0.3) is 0 Å². The molecule has 8 heteroatoms. The van der Waals surface area contributed by atoms with E-state index in [0.29, 0.717) is 11.8 Å². The van der Waals surface area contributed by atoms with Crippen LogP contribution in [0, 0.1) is 29.6 Å². The van der Waals surface area contributed by atoms with E-state index in [1.165, 1.54) is 6.42 Å². The van der Waals surface area contributed by atoms with Crippen LogP contribution in [-0.2, 0) is 19.6 Å². The highest BCUT2D eigenvalue weighted by atomic mass is 32.2. The second-order valence-electron chi connectivity index (χ2n) is 7.07. The third kappa shape index (κ3) is 2.99. The molecule has 4 bridgehead atoms. The van der Waals surface area contributed by atoms with Crippen LogP contribution in [0.5, 0.6) is 0 Å². The summed E-state index contributed by atoms with van der Waals surface area (Å²) in [6.07, 6.45) is 5.76. The van der Waals surface area contributed by atoms with Crippen LogP contribution < -0.4 is 0 Å². The number of hydrogen-bond acceptors (Lipinski definition) is 4. The zero-order valence-corrected chi connectivity index (χ0v) is 12.9. The molecule has 4 aliphatic rings. The minimum atomic E-state index is -5.56. The lowest BCUT2D eigenvalue weighted by molar-refractivity contribution is -0.154. The number of halogens is 2. The van der Waals surface area contributed by atoms with E-state index in [0.717, 1.165) is 37.5 Å². The molecule has 0 atom stereocenters. The molecule has 4 saturated carbocycles. The van der Waals surface area contributed by atoms with Crippen molar-refractivity contribution >= 4 is 16.1 Å². The minimum absolute atomic E-state index is 0.0658. The molecular formula is C14H20F2O5S. The predicted octanol–water partition coefficient (Wildman–Crippen LogP) is 2.47. The summed E-state index contributed by atoms with van der Waals surface area (Å²) in [5, 5.41) is -4.45. The van der Waals surface area contributed by atoms with Gasteiger partial charge < -0.3 is 4.74 Å². The standard InChI is InChI=1S/C14H20F2O5S/c15-14(16,22(18,19)20)7-21-13(17)6-12-10-2-8-1-9(4-10)5-11(12)3-8/h8-12H,1-7H2,(H,18,19,20). The van der Waals surface area contributed by atoms with E-state index < -0.39 is 27.9 Å². The summed E-state index contributed by atoms with van der Waals surface area (Å²) >= 11 is 0. The topological polar surface area (TPSA) is 80.7 Å². The average Bonchev–Trinajstić information content (AvgIpc) is 2.38. The Kier molecular flexibility index (Phi) is 3.96. The monoisotopic (exact) mass is 338 g/mol. The quantitative estimate of drug-likeness (QED) is 0.615. The van der Waals surface area contributed by atoms with Crippen LogP contribution in [0.4, 0.5) is 8.78 Å². The SMILES string of the molecule is O=C(CC1C2CC3CC(C2)CC1C3)OCC(F)(F)S(=O)(=O)O. The van der Waals surface area contributed by atoms with E-state index >= 15 is 0 Å². The fourth-order valence-electron chi connectivity index (χ4n) is 4.86. The number of hydrogen-bond donors (Lipinski definition) is 1. The summed E-state index contributed by atoms with van der Waals surface area (Å²) < 4.78 is 59.8. The molecule has 1 N–H and O–H groups in total. The molecule has 0 amide bonds. The second-order valence-corrected chi connectivity index (χ2v) is 8.62. The number of rotatable bonds is 5. The molecule has 0 heterocycles. The number of carbonyl (C=O) groups is 1. The van der Waals surface area contributed by atoms with Crippen LogP contribution in [0.3, 0.4) is 0 Å². The van der Waals surface area contributed by atoms with Crippen LogP contribution in [0.2, 0.25) is 0 Å². The Balaban J connectivity index is 1.54. The molecule has 0 aromatic rings. The largest absolute Gasteiger partial charge is 0.458 e. The zero-order valence-electron chi connectivity index (χ0n) is 12.1. The molecule has 5 nitrogen and oxygen atoms in total. The Labute approximate surface area is 128 Å². The van der Waals surface area contributed by atoms with Gasteiger partial charge in [-0.05, 0) is 61.7 Å². The van der Waals surface area contributed by atoms with Gasteiger partial charge in [0.25, 0.3) is 0 Å². The van der Waals surface area contributed by atoms with E-state index in [4.69, 9.17) is 4.55 Å². The molecule has 4 aliphatic carbocycles. The minimum Gasteiger partial charge on any atom is -0.458 e. The maximum Gasteiger partial charge on any atom is 0.402 e. The van der Waals surface area contributed by atoms with Gasteiger partial charge in [0.1, 0.15) is 0 Å². The highest BCUT2D eigenvalue weighted by Crippen LogP contribution is 2.57. The maximum atomic E-state index is 13.0. The zero-order chi connectivity index (χ0) is 16.1. The third-order valence-corrected chi connectivity index (χ3v) is 6.48. The first-order chi connectivity index (χ1) is 10.2. The van der Waals surface area contributed by atoms with Crippen molar-refractivity contribution in [1.82, 2.24) is 0 Å². The van der Waals surface area contributed by atoms with E-state index in [9.17, 15) is 22.0 Å². The van der Waals surface area contributed by atoms with Crippen molar-refractivity contribution in [2.24, 2.45) is 29.6 Å². The van der Waals surface area contributed by atoms with Gasteiger partial charge in [0.15, 0.2) is 6.61 Å². The Morgan fingerprint density at radius 2 is 1.59 bits per heavy atom. The van der Waals surface area contributed by atoms with Gasteiger partial charge in [-0.2, -0.15) is 17.2 Å². The fraction of sp³-hybridized carbons (Fsp3) is 0.929. The van der Waals surface area contributed by atoms with Crippen molar-refractivity contribution in [2.75, 3.05) is 6.61 Å². The summed E-state index contributed by atoms with van der Waals surface area (Å²) in [6.45, 7) is -1.63. The molecule has 4 fully saturated rings. The lowest BCUT2D eigenvalue weighted by Gasteiger charge is -2.54. The van der Waals surface area contributed by atoms with E-state index in [1.54, 1.807) is 0 Å². The highest BCUT2D eigenvalue weighted by molar-refractivity contribution is 7.86. The summed E-state index contributed by atoms with van der Waals surface area (Å²) in [4.78, 5) is 11.8. The van der Waals surface area contributed by atoms with Crippen molar-refractivity contribution in [3.63, 3.8) is 0 Å². The fourth-order valence-corrected chi connectivity index (χ4v) is 5.07. The number of alkyl halides is 2. The van der Waals surface area contributed by atoms with Crippen molar-refractivity contribution in [2.45, 2.75) is 43.8 Å². The van der Waals surface area contributed by atoms with Gasteiger partial charge in [-0.3, -0.25) is 9.35 Å². The van der Waals surface area contributed by atoms with E-state index in [1.807, 2.05) is 0 Å². The smallest absolute Gasteiger partial charge is 0.402 e. The Morgan fingerprint density at radius 1 is 1.09 bits per heavy atom. The molecule has 0 aliphatic heterocycles. The van der Waals surface area contributed by atoms with Gasteiger partial charge in [0.05, 0.1) is 0 Å². The van der Waals surface area contributed by atoms with Gasteiger partial charge in [0, 0.05) is 6.42 Å². The molecule has 0 unspecified atom stereocenters. The van der Waals surface area contributed by atoms with E-state index in [-0.39, 0.29) is 12.3 Å². The number of esters is 1. The molecule has 0 spiro atoms. The molecule has 126 valence electrons. The van der Waals surface area contributed by atoms with Gasteiger partial charge in [-0.15, -0.1) is 0 Å². The van der Waals surface area contributed by atoms with Crippen molar-refractivity contribution in [3.05, 3.63) is 0 Å². The first-order valence-electron chi connectivity index (χ1n) is 7.66. The molecule has 0 saturated heterocycles. The van der Waals surface area contributed by atoms with Gasteiger partial charge >= 0.3 is 21.3 Å². The maximum absolute atomic E-state index is 13.0. The number of carbonyl (C=O) groups excluding carboxylic acids is 1. The Hall–Kier alpha value is -0.760. The summed E-state index contributed by atoms with van der Waals surface area (Å²) in [6, 6.07) is 0. The Bertz CT molecular complexity index is 532. The van der Waals surface area contributed by atoms with Crippen molar-refractivity contribution < 1.29 is 31.3 Å². The molecule has 0 radical (unpaired) electrons. The normalized spacial score (nSPS) is 37.3. The molecule has 22 heavy (non-hydrogen) atoms. The summed E-state index contributed by atoms with van der Waals surface area (Å²) in [5.74, 6) is 1.79. The van der Waals surface area contributed by atoms with Gasteiger partial charge in [0.2, 0.25) is 0 Å². The molecular weight excluding hydrogens is 318 g/mol. The van der Waals surface area contributed by atoms with Crippen LogP contribution in [0.1, 0.15) is 38.5 Å². The predicted molar refractivity (Wildman–Crippen MR) is 72.6 cm³/mol. The van der Waals surface area contributed by atoms with Crippen LogP contribution in [0.15, 0.2) is 0 Å². The van der Waals surface area contributed by atoms with Crippen molar-refractivity contribution in [1.29, 1.82) is 0 Å². The first kappa shape index (κ1) is 16.1. The summed E-state index contributed by atoms with van der Waals surface area (Å²) in [5.41, 5.74) is 0. The number of ether oxygens (including phenoxy) is 1. The highest BCUT2D eigenvalue weighted by Gasteiger charge is 2.49. The third-order valence-electron chi connectivity index (χ3n) is 5.60. The van der Waals surface area contributed by atoms with Crippen LogP contribution >= 0.6 is 0 Å². The first-order valence-corrected chi connectivity index (χ1v) is 9.10. The van der Waals surface area contributed by atoms with Gasteiger partial charge in [-0.1, -0.05) is 0 Å². The van der Waals surface area contributed by atoms with Crippen LogP contribution in [-0.4, -0.2) is 30.8 Å². The summed E-state index contributed by atoms with van der Waals surface area (Å²) in [7, 11) is -5.56. The average molecular weight is 338 g/mol. The second kappa shape index (κ2) is 5.40. The molecule has 4 rings (SSSR count). The molecule has 0 aromatic carbocycles. The lowest BCUT2D eigenvalue weighted by atomic mass is 9.51. The Morgan fingerprint density at radius 3 is 2.05 bits per heavy atom.